The number of nitrogens with zero attached hydrogens (tertiary/aromatic N) is 1. The van der Waals surface area contributed by atoms with Gasteiger partial charge in [-0.1, -0.05) is 41.3 Å². The highest BCUT2D eigenvalue weighted by Gasteiger charge is 2.33. The summed E-state index contributed by atoms with van der Waals surface area (Å²) in [6, 6.07) is 5.98. The van der Waals surface area contributed by atoms with Gasteiger partial charge in [-0.25, -0.2) is 0 Å². The molecule has 2 unspecified atom stereocenters. The maximum atomic E-state index is 12.8. The lowest BCUT2D eigenvalue weighted by molar-refractivity contribution is 0.0520. The summed E-state index contributed by atoms with van der Waals surface area (Å²) in [5, 5.41) is 0. The summed E-state index contributed by atoms with van der Waals surface area (Å²) in [6.07, 6.45) is 6.62. The molecule has 108 valence electrons. The van der Waals surface area contributed by atoms with E-state index in [1.165, 1.54) is 32.1 Å². The molecule has 0 N–H and O–H groups in total. The van der Waals surface area contributed by atoms with Crippen LogP contribution in [0.25, 0.3) is 0 Å². The number of hydrogen-bond acceptors (Lipinski definition) is 1. The molecule has 3 heteroatoms. The Morgan fingerprint density at radius 3 is 2.75 bits per heavy atom. The van der Waals surface area contributed by atoms with Gasteiger partial charge in [0.05, 0.1) is 0 Å². The van der Waals surface area contributed by atoms with Crippen LogP contribution in [-0.2, 0) is 0 Å². The minimum Gasteiger partial charge on any atom is -0.338 e. The van der Waals surface area contributed by atoms with Gasteiger partial charge in [-0.15, -0.1) is 0 Å². The molecule has 3 rings (SSSR count). The van der Waals surface area contributed by atoms with Crippen molar-refractivity contribution in [1.29, 1.82) is 0 Å². The highest BCUT2D eigenvalue weighted by atomic mass is 79.9. The fraction of sp³-hybridized carbons (Fsp3) is 0.588. The van der Waals surface area contributed by atoms with E-state index < -0.39 is 0 Å². The molecule has 0 spiro atoms. The van der Waals surface area contributed by atoms with Gasteiger partial charge in [0.15, 0.2) is 0 Å². The van der Waals surface area contributed by atoms with E-state index in [0.29, 0.717) is 0 Å². The smallest absolute Gasteiger partial charge is 0.254 e. The van der Waals surface area contributed by atoms with Crippen molar-refractivity contribution in [1.82, 2.24) is 4.90 Å². The molecule has 1 saturated carbocycles. The molecule has 0 radical (unpaired) electrons. The summed E-state index contributed by atoms with van der Waals surface area (Å²) in [6.45, 7) is 3.93. The number of piperidine rings is 1. The predicted molar refractivity (Wildman–Crippen MR) is 84.8 cm³/mol. The molecule has 2 nitrogen and oxygen atoms in total. The molecule has 1 aliphatic heterocycles. The third kappa shape index (κ3) is 2.78. The average molecular weight is 336 g/mol. The van der Waals surface area contributed by atoms with Crippen LogP contribution < -0.4 is 0 Å². The molecule has 1 aromatic rings. The van der Waals surface area contributed by atoms with Crippen molar-refractivity contribution in [3.05, 3.63) is 33.8 Å². The zero-order valence-electron chi connectivity index (χ0n) is 12.1. The van der Waals surface area contributed by atoms with Gasteiger partial charge in [0.25, 0.3) is 5.91 Å². The molecule has 2 atom stereocenters. The molecular formula is C17H22BrNO. The van der Waals surface area contributed by atoms with Crippen LogP contribution >= 0.6 is 15.9 Å². The fourth-order valence-corrected chi connectivity index (χ4v) is 4.14. The van der Waals surface area contributed by atoms with Gasteiger partial charge < -0.3 is 4.90 Å². The number of benzene rings is 1. The van der Waals surface area contributed by atoms with Crippen molar-refractivity contribution in [3.8, 4) is 0 Å². The van der Waals surface area contributed by atoms with Crippen LogP contribution in [0, 0.1) is 18.8 Å². The molecule has 0 bridgehead atoms. The first-order valence-corrected chi connectivity index (χ1v) is 8.50. The van der Waals surface area contributed by atoms with Gasteiger partial charge in [0, 0.05) is 23.1 Å². The molecule has 1 aromatic carbocycles. The molecular weight excluding hydrogens is 314 g/mol. The standard InChI is InChI=1S/C17H22BrNO/c1-12-6-7-15(18)10-16(12)17(20)19-9-8-13-4-2-3-5-14(13)11-19/h6-7,10,13-14H,2-5,8-9,11H2,1H3. The molecule has 1 amide bonds. The van der Waals surface area contributed by atoms with Crippen LogP contribution in [0.15, 0.2) is 22.7 Å². The Morgan fingerprint density at radius 2 is 1.95 bits per heavy atom. The van der Waals surface area contributed by atoms with Crippen LogP contribution in [0.1, 0.15) is 48.0 Å². The van der Waals surface area contributed by atoms with Crippen LogP contribution in [0.4, 0.5) is 0 Å². The summed E-state index contributed by atoms with van der Waals surface area (Å²) in [5.74, 6) is 1.83. The Bertz CT molecular complexity index is 514. The minimum absolute atomic E-state index is 0.216. The van der Waals surface area contributed by atoms with Crippen LogP contribution in [-0.4, -0.2) is 23.9 Å². The van der Waals surface area contributed by atoms with E-state index in [1.54, 1.807) is 0 Å². The first-order chi connectivity index (χ1) is 9.65. The monoisotopic (exact) mass is 335 g/mol. The van der Waals surface area contributed by atoms with Crippen molar-refractivity contribution >= 4 is 21.8 Å². The van der Waals surface area contributed by atoms with E-state index >= 15 is 0 Å². The van der Waals surface area contributed by atoms with Gasteiger partial charge >= 0.3 is 0 Å². The summed E-state index contributed by atoms with van der Waals surface area (Å²) >= 11 is 3.47. The Balaban J connectivity index is 1.76. The first-order valence-electron chi connectivity index (χ1n) is 7.70. The molecule has 1 aliphatic carbocycles. The maximum Gasteiger partial charge on any atom is 0.254 e. The van der Waals surface area contributed by atoms with Crippen molar-refractivity contribution in [3.63, 3.8) is 0 Å². The zero-order valence-corrected chi connectivity index (χ0v) is 13.7. The lowest BCUT2D eigenvalue weighted by atomic mass is 9.75. The highest BCUT2D eigenvalue weighted by molar-refractivity contribution is 9.10. The van der Waals surface area contributed by atoms with E-state index in [4.69, 9.17) is 0 Å². The molecule has 2 aliphatic rings. The summed E-state index contributed by atoms with van der Waals surface area (Å²) in [5.41, 5.74) is 1.93. The number of carbonyl (C=O) groups excluding carboxylic acids is 1. The molecule has 0 aromatic heterocycles. The van der Waals surface area contributed by atoms with Crippen molar-refractivity contribution in [2.45, 2.75) is 39.0 Å². The highest BCUT2D eigenvalue weighted by Crippen LogP contribution is 2.36. The van der Waals surface area contributed by atoms with Gasteiger partial charge in [0.2, 0.25) is 0 Å². The maximum absolute atomic E-state index is 12.8. The van der Waals surface area contributed by atoms with Crippen molar-refractivity contribution < 1.29 is 4.79 Å². The third-order valence-corrected chi connectivity index (χ3v) is 5.50. The first kappa shape index (κ1) is 14.1. The van der Waals surface area contributed by atoms with Gasteiger partial charge in [-0.05, 0) is 49.3 Å². The van der Waals surface area contributed by atoms with E-state index in [1.807, 2.05) is 25.1 Å². The Labute approximate surface area is 129 Å². The average Bonchev–Trinajstić information content (AvgIpc) is 2.48. The normalized spacial score (nSPS) is 26.2. The lowest BCUT2D eigenvalue weighted by Gasteiger charge is -2.41. The van der Waals surface area contributed by atoms with E-state index in [9.17, 15) is 4.79 Å². The fourth-order valence-electron chi connectivity index (χ4n) is 3.78. The zero-order chi connectivity index (χ0) is 14.1. The Kier molecular flexibility index (Phi) is 4.16. The van der Waals surface area contributed by atoms with Gasteiger partial charge in [-0.2, -0.15) is 0 Å². The van der Waals surface area contributed by atoms with E-state index in [2.05, 4.69) is 20.8 Å². The SMILES string of the molecule is Cc1ccc(Br)cc1C(=O)N1CCC2CCCCC2C1. The Morgan fingerprint density at radius 1 is 1.20 bits per heavy atom. The second-order valence-corrected chi connectivity index (χ2v) is 7.22. The number of aryl methyl sites for hydroxylation is 1. The van der Waals surface area contributed by atoms with E-state index in [0.717, 1.165) is 40.5 Å². The van der Waals surface area contributed by atoms with Crippen molar-refractivity contribution in [2.75, 3.05) is 13.1 Å². The summed E-state index contributed by atoms with van der Waals surface area (Å²) in [7, 11) is 0. The topological polar surface area (TPSA) is 20.3 Å². The van der Waals surface area contributed by atoms with Crippen LogP contribution in [0.3, 0.4) is 0 Å². The lowest BCUT2D eigenvalue weighted by Crippen LogP contribution is -2.44. The number of likely N-dealkylation sites (tertiary alicyclic amines) is 1. The molecule has 1 heterocycles. The quantitative estimate of drug-likeness (QED) is 0.744. The second-order valence-electron chi connectivity index (χ2n) is 6.30. The third-order valence-electron chi connectivity index (χ3n) is 5.01. The molecule has 1 saturated heterocycles. The Hall–Kier alpha value is -0.830. The molecule has 20 heavy (non-hydrogen) atoms. The van der Waals surface area contributed by atoms with Crippen molar-refractivity contribution in [2.24, 2.45) is 11.8 Å². The van der Waals surface area contributed by atoms with E-state index in [-0.39, 0.29) is 5.91 Å². The number of carbonyl (C=O) groups is 1. The van der Waals surface area contributed by atoms with Gasteiger partial charge in [0.1, 0.15) is 0 Å². The number of hydrogen-bond donors (Lipinski definition) is 0. The van der Waals surface area contributed by atoms with Crippen LogP contribution in [0.2, 0.25) is 0 Å². The van der Waals surface area contributed by atoms with Crippen LogP contribution in [0.5, 0.6) is 0 Å². The number of halogens is 1. The summed E-state index contributed by atoms with van der Waals surface area (Å²) in [4.78, 5) is 14.8. The second kappa shape index (κ2) is 5.88. The summed E-state index contributed by atoms with van der Waals surface area (Å²) < 4.78 is 0.985. The molecule has 2 fully saturated rings. The number of fused-ring (bicyclic) bond motifs is 1. The number of amides is 1. The largest absolute Gasteiger partial charge is 0.338 e. The number of rotatable bonds is 1. The van der Waals surface area contributed by atoms with Gasteiger partial charge in [-0.3, -0.25) is 4.79 Å². The minimum atomic E-state index is 0.216. The predicted octanol–water partition coefficient (Wildman–Crippen LogP) is 4.41.